The van der Waals surface area contributed by atoms with Crippen molar-refractivity contribution in [1.29, 1.82) is 0 Å². The highest BCUT2D eigenvalue weighted by molar-refractivity contribution is 5.81. The van der Waals surface area contributed by atoms with E-state index >= 15 is 0 Å². The van der Waals surface area contributed by atoms with E-state index in [4.69, 9.17) is 0 Å². The molecule has 90 valence electrons. The number of carbonyl (C=O) groups excluding carboxylic acids is 2. The lowest BCUT2D eigenvalue weighted by Crippen LogP contribution is -2.31. The predicted octanol–water partition coefficient (Wildman–Crippen LogP) is 2.85. The number of hydrogen-bond acceptors (Lipinski definition) is 2. The lowest BCUT2D eigenvalue weighted by molar-refractivity contribution is -0.125. The Morgan fingerprint density at radius 1 is 1.38 bits per heavy atom. The number of aldehydes is 1. The Kier molecular flexibility index (Phi) is 2.52. The van der Waals surface area contributed by atoms with Gasteiger partial charge in [-0.1, -0.05) is 20.8 Å². The van der Waals surface area contributed by atoms with Crippen LogP contribution in [-0.4, -0.2) is 12.1 Å². The molecule has 2 saturated carbocycles. The zero-order valence-corrected chi connectivity index (χ0v) is 10.7. The minimum Gasteiger partial charge on any atom is -0.303 e. The molecule has 4 atom stereocenters. The molecule has 2 heteroatoms. The second kappa shape index (κ2) is 3.41. The van der Waals surface area contributed by atoms with Crippen LogP contribution in [0.3, 0.4) is 0 Å². The van der Waals surface area contributed by atoms with E-state index < -0.39 is 0 Å². The van der Waals surface area contributed by atoms with Crippen molar-refractivity contribution in [3.05, 3.63) is 0 Å². The fourth-order valence-corrected chi connectivity index (χ4v) is 4.49. The predicted molar refractivity (Wildman–Crippen MR) is 63.0 cm³/mol. The Balaban J connectivity index is 2.45. The molecule has 0 aliphatic heterocycles. The van der Waals surface area contributed by atoms with E-state index in [2.05, 4.69) is 20.8 Å². The molecule has 0 heterocycles. The highest BCUT2D eigenvalue weighted by atomic mass is 16.1. The summed E-state index contributed by atoms with van der Waals surface area (Å²) in [7, 11) is 0. The molecule has 0 radical (unpaired) electrons. The van der Waals surface area contributed by atoms with Crippen LogP contribution < -0.4 is 0 Å². The van der Waals surface area contributed by atoms with Gasteiger partial charge in [-0.3, -0.25) is 4.79 Å². The van der Waals surface area contributed by atoms with Gasteiger partial charge in [0.1, 0.15) is 12.1 Å². The van der Waals surface area contributed by atoms with Gasteiger partial charge in [0, 0.05) is 11.8 Å². The van der Waals surface area contributed by atoms with Crippen LogP contribution in [0.5, 0.6) is 0 Å². The lowest BCUT2D eigenvalue weighted by Gasteiger charge is -2.34. The number of Topliss-reactive ketones (excluding diaryl/α,β-unsaturated/α-hetero) is 1. The van der Waals surface area contributed by atoms with Crippen LogP contribution >= 0.6 is 0 Å². The van der Waals surface area contributed by atoms with Crippen molar-refractivity contribution in [2.24, 2.45) is 28.6 Å². The first-order valence-electron chi connectivity index (χ1n) is 6.34. The first kappa shape index (κ1) is 11.8. The van der Waals surface area contributed by atoms with Gasteiger partial charge in [-0.05, 0) is 42.9 Å². The maximum absolute atomic E-state index is 11.8. The van der Waals surface area contributed by atoms with E-state index in [0.29, 0.717) is 5.92 Å². The van der Waals surface area contributed by atoms with Gasteiger partial charge in [0.15, 0.2) is 0 Å². The second-order valence-corrected chi connectivity index (χ2v) is 6.37. The summed E-state index contributed by atoms with van der Waals surface area (Å²) < 4.78 is 0. The summed E-state index contributed by atoms with van der Waals surface area (Å²) >= 11 is 0. The lowest BCUT2D eigenvalue weighted by atomic mass is 9.69. The Morgan fingerprint density at radius 3 is 2.38 bits per heavy atom. The normalized spacial score (nSPS) is 46.3. The number of ketones is 1. The summed E-state index contributed by atoms with van der Waals surface area (Å²) in [5.41, 5.74) is 0.0463. The largest absolute Gasteiger partial charge is 0.303 e. The SMILES string of the molecule is CC(=O)[C@H]1C[C@]2(C(C)C)CC[C@@]1(C)[C@@H]2C=O. The van der Waals surface area contributed by atoms with Gasteiger partial charge in [0.05, 0.1) is 0 Å². The van der Waals surface area contributed by atoms with Crippen LogP contribution in [0.15, 0.2) is 0 Å². The summed E-state index contributed by atoms with van der Waals surface area (Å²) in [5, 5.41) is 0. The third kappa shape index (κ3) is 1.19. The van der Waals surface area contributed by atoms with Gasteiger partial charge in [-0.15, -0.1) is 0 Å². The van der Waals surface area contributed by atoms with Gasteiger partial charge in [0.2, 0.25) is 0 Å². The van der Waals surface area contributed by atoms with Crippen molar-refractivity contribution in [3.63, 3.8) is 0 Å². The minimum atomic E-state index is -0.0577. The quantitative estimate of drug-likeness (QED) is 0.688. The molecule has 16 heavy (non-hydrogen) atoms. The Morgan fingerprint density at radius 2 is 2.00 bits per heavy atom. The van der Waals surface area contributed by atoms with Gasteiger partial charge in [-0.2, -0.15) is 0 Å². The maximum atomic E-state index is 11.8. The minimum absolute atomic E-state index is 0.0577. The summed E-state index contributed by atoms with van der Waals surface area (Å²) in [4.78, 5) is 23.2. The number of hydrogen-bond donors (Lipinski definition) is 0. The molecule has 0 aromatic heterocycles. The average molecular weight is 222 g/mol. The molecule has 2 aliphatic rings. The third-order valence-corrected chi connectivity index (χ3v) is 5.62. The van der Waals surface area contributed by atoms with Crippen LogP contribution in [0.1, 0.15) is 47.0 Å². The molecular weight excluding hydrogens is 200 g/mol. The fraction of sp³-hybridized carbons (Fsp3) is 0.857. The highest BCUT2D eigenvalue weighted by Crippen LogP contribution is 2.69. The second-order valence-electron chi connectivity index (χ2n) is 6.37. The van der Waals surface area contributed by atoms with Crippen molar-refractivity contribution >= 4 is 12.1 Å². The summed E-state index contributed by atoms with van der Waals surface area (Å²) in [6, 6.07) is 0. The average Bonchev–Trinajstić information content (AvgIpc) is 2.63. The highest BCUT2D eigenvalue weighted by Gasteiger charge is 2.66. The van der Waals surface area contributed by atoms with Crippen LogP contribution in [0.25, 0.3) is 0 Å². The van der Waals surface area contributed by atoms with E-state index in [1.54, 1.807) is 6.92 Å². The van der Waals surface area contributed by atoms with Crippen molar-refractivity contribution < 1.29 is 9.59 Å². The summed E-state index contributed by atoms with van der Waals surface area (Å²) in [6.45, 7) is 8.23. The molecular formula is C14H22O2. The molecule has 0 amide bonds. The molecule has 0 N–H and O–H groups in total. The van der Waals surface area contributed by atoms with Crippen LogP contribution in [0.2, 0.25) is 0 Å². The Bertz CT molecular complexity index is 334. The molecule has 2 nitrogen and oxygen atoms in total. The zero-order chi connectivity index (χ0) is 12.1. The molecule has 2 bridgehead atoms. The standard InChI is InChI=1S/C14H22O2/c1-9(2)14-6-5-13(4,12(14)8-15)11(7-14)10(3)16/h8-9,11-12H,5-7H2,1-4H3/t11-,12+,13-,14+/m1/s1. The van der Waals surface area contributed by atoms with Gasteiger partial charge in [-0.25, -0.2) is 0 Å². The molecule has 2 fully saturated rings. The summed E-state index contributed by atoms with van der Waals surface area (Å²) in [5.74, 6) is 0.971. The Hall–Kier alpha value is -0.660. The van der Waals surface area contributed by atoms with E-state index in [0.717, 1.165) is 25.5 Å². The van der Waals surface area contributed by atoms with E-state index in [-0.39, 0.29) is 28.4 Å². The molecule has 0 unspecified atom stereocenters. The van der Waals surface area contributed by atoms with Crippen LogP contribution in [-0.2, 0) is 9.59 Å². The zero-order valence-electron chi connectivity index (χ0n) is 10.7. The van der Waals surface area contributed by atoms with E-state index in [1.165, 1.54) is 0 Å². The number of fused-ring (bicyclic) bond motifs is 2. The van der Waals surface area contributed by atoms with Crippen molar-refractivity contribution in [2.45, 2.75) is 47.0 Å². The molecule has 2 rings (SSSR count). The molecule has 2 aliphatic carbocycles. The molecule has 0 saturated heterocycles. The van der Waals surface area contributed by atoms with E-state index in [1.807, 2.05) is 0 Å². The smallest absolute Gasteiger partial charge is 0.133 e. The van der Waals surface area contributed by atoms with Crippen LogP contribution in [0.4, 0.5) is 0 Å². The monoisotopic (exact) mass is 222 g/mol. The van der Waals surface area contributed by atoms with Gasteiger partial charge in [0.25, 0.3) is 0 Å². The topological polar surface area (TPSA) is 34.1 Å². The van der Waals surface area contributed by atoms with Gasteiger partial charge < -0.3 is 4.79 Å². The maximum Gasteiger partial charge on any atom is 0.133 e. The van der Waals surface area contributed by atoms with E-state index in [9.17, 15) is 9.59 Å². The molecule has 0 aromatic carbocycles. The van der Waals surface area contributed by atoms with Crippen molar-refractivity contribution in [3.8, 4) is 0 Å². The van der Waals surface area contributed by atoms with Gasteiger partial charge >= 0.3 is 0 Å². The third-order valence-electron chi connectivity index (χ3n) is 5.62. The van der Waals surface area contributed by atoms with Crippen LogP contribution in [0, 0.1) is 28.6 Å². The number of rotatable bonds is 3. The number of carbonyl (C=O) groups is 2. The molecule has 0 spiro atoms. The molecule has 0 aromatic rings. The fourth-order valence-electron chi connectivity index (χ4n) is 4.49. The first-order chi connectivity index (χ1) is 7.38. The van der Waals surface area contributed by atoms with Crippen molar-refractivity contribution in [2.75, 3.05) is 0 Å². The van der Waals surface area contributed by atoms with Crippen molar-refractivity contribution in [1.82, 2.24) is 0 Å². The first-order valence-corrected chi connectivity index (χ1v) is 6.34. The summed E-state index contributed by atoms with van der Waals surface area (Å²) in [6.07, 6.45) is 4.23. The Labute approximate surface area is 97.8 Å².